The van der Waals surface area contributed by atoms with Crippen molar-refractivity contribution in [3.63, 3.8) is 0 Å². The number of aromatic nitrogens is 3. The normalized spacial score (nSPS) is 15.6. The summed E-state index contributed by atoms with van der Waals surface area (Å²) in [5.74, 6) is 0.532. The lowest BCUT2D eigenvalue weighted by atomic mass is 9.95. The lowest BCUT2D eigenvalue weighted by Gasteiger charge is -2.30. The molecule has 1 amide bonds. The first-order valence-electron chi connectivity index (χ1n) is 10.0. The summed E-state index contributed by atoms with van der Waals surface area (Å²) in [5.41, 5.74) is 4.22. The van der Waals surface area contributed by atoms with Crippen LogP contribution in [0.3, 0.4) is 0 Å². The zero-order valence-electron chi connectivity index (χ0n) is 16.4. The molecule has 5 rings (SSSR count). The fourth-order valence-corrected chi connectivity index (χ4v) is 4.14. The molecule has 0 bridgehead atoms. The Kier molecular flexibility index (Phi) is 4.30. The molecule has 1 aliphatic carbocycles. The Morgan fingerprint density at radius 1 is 1.21 bits per heavy atom. The van der Waals surface area contributed by atoms with Gasteiger partial charge in [-0.25, -0.2) is 9.97 Å². The number of ether oxygens (including phenoxy) is 1. The zero-order valence-corrected chi connectivity index (χ0v) is 16.4. The molecule has 0 radical (unpaired) electrons. The highest BCUT2D eigenvalue weighted by molar-refractivity contribution is 5.95. The van der Waals surface area contributed by atoms with Gasteiger partial charge in [-0.2, -0.15) is 0 Å². The molecule has 3 heterocycles. The van der Waals surface area contributed by atoms with Crippen LogP contribution in [0.25, 0.3) is 11.0 Å². The van der Waals surface area contributed by atoms with E-state index in [-0.39, 0.29) is 18.0 Å². The van der Waals surface area contributed by atoms with E-state index in [1.807, 2.05) is 31.2 Å². The molecule has 29 heavy (non-hydrogen) atoms. The summed E-state index contributed by atoms with van der Waals surface area (Å²) in [6.45, 7) is 2.80. The lowest BCUT2D eigenvalue weighted by Crippen LogP contribution is -2.41. The predicted octanol–water partition coefficient (Wildman–Crippen LogP) is 2.40. The molecule has 2 aromatic heterocycles. The van der Waals surface area contributed by atoms with Gasteiger partial charge in [0.1, 0.15) is 25.2 Å². The number of nitrogens with zero attached hydrogens (tertiary/aromatic N) is 4. The van der Waals surface area contributed by atoms with Gasteiger partial charge in [0.05, 0.1) is 17.6 Å². The first-order chi connectivity index (χ1) is 14.1. The van der Waals surface area contributed by atoms with Crippen molar-refractivity contribution in [1.82, 2.24) is 14.5 Å². The molecule has 3 aromatic rings. The van der Waals surface area contributed by atoms with Crippen molar-refractivity contribution < 1.29 is 9.53 Å². The molecule has 7 heteroatoms. The fourth-order valence-electron chi connectivity index (χ4n) is 4.14. The van der Waals surface area contributed by atoms with Crippen molar-refractivity contribution in [2.45, 2.75) is 39.2 Å². The van der Waals surface area contributed by atoms with Gasteiger partial charge in [-0.05, 0) is 61.9 Å². The van der Waals surface area contributed by atoms with Gasteiger partial charge in [-0.15, -0.1) is 0 Å². The number of carbonyl (C=O) groups is 1. The molecule has 0 spiro atoms. The third-order valence-corrected chi connectivity index (χ3v) is 5.68. The van der Waals surface area contributed by atoms with E-state index in [9.17, 15) is 9.59 Å². The van der Waals surface area contributed by atoms with E-state index in [4.69, 9.17) is 4.74 Å². The molecule has 148 valence electrons. The van der Waals surface area contributed by atoms with Gasteiger partial charge in [-0.1, -0.05) is 6.07 Å². The van der Waals surface area contributed by atoms with Crippen LogP contribution in [-0.4, -0.2) is 33.6 Å². The number of aryl methyl sites for hydroxylation is 3. The minimum atomic E-state index is -0.220. The topological polar surface area (TPSA) is 77.3 Å². The maximum absolute atomic E-state index is 13.0. The van der Waals surface area contributed by atoms with Crippen molar-refractivity contribution in [2.75, 3.05) is 18.1 Å². The Hall–Kier alpha value is -3.22. The predicted molar refractivity (Wildman–Crippen MR) is 109 cm³/mol. The molecule has 0 N–H and O–H groups in total. The van der Waals surface area contributed by atoms with Crippen LogP contribution in [0.2, 0.25) is 0 Å². The van der Waals surface area contributed by atoms with Crippen LogP contribution in [0.4, 0.5) is 5.69 Å². The highest BCUT2D eigenvalue weighted by Gasteiger charge is 2.24. The molecule has 2 aliphatic rings. The van der Waals surface area contributed by atoms with E-state index in [1.165, 1.54) is 10.9 Å². The van der Waals surface area contributed by atoms with Crippen LogP contribution < -0.4 is 15.2 Å². The molecule has 1 aromatic carbocycles. The number of hydrogen-bond acceptors (Lipinski definition) is 5. The largest absolute Gasteiger partial charge is 0.490 e. The number of benzene rings is 1. The highest BCUT2D eigenvalue weighted by atomic mass is 16.5. The van der Waals surface area contributed by atoms with E-state index in [1.54, 1.807) is 4.90 Å². The van der Waals surface area contributed by atoms with Crippen molar-refractivity contribution in [3.05, 3.63) is 57.8 Å². The molecule has 0 saturated carbocycles. The van der Waals surface area contributed by atoms with Gasteiger partial charge in [-0.3, -0.25) is 14.2 Å². The Bertz CT molecular complexity index is 1180. The molecule has 0 fully saturated rings. The first kappa shape index (κ1) is 17.8. The molecule has 1 aliphatic heterocycles. The van der Waals surface area contributed by atoms with E-state index in [0.717, 1.165) is 48.2 Å². The number of anilines is 1. The molecule has 0 saturated heterocycles. The van der Waals surface area contributed by atoms with Gasteiger partial charge >= 0.3 is 0 Å². The second-order valence-corrected chi connectivity index (χ2v) is 7.72. The summed E-state index contributed by atoms with van der Waals surface area (Å²) >= 11 is 0. The number of carbonyl (C=O) groups excluding carboxylic acids is 1. The van der Waals surface area contributed by atoms with Crippen molar-refractivity contribution in [3.8, 4) is 5.75 Å². The number of rotatable bonds is 2. The van der Waals surface area contributed by atoms with Crippen LogP contribution in [0.1, 0.15) is 29.7 Å². The van der Waals surface area contributed by atoms with Crippen LogP contribution >= 0.6 is 0 Å². The van der Waals surface area contributed by atoms with E-state index < -0.39 is 0 Å². The Morgan fingerprint density at radius 2 is 2.07 bits per heavy atom. The summed E-state index contributed by atoms with van der Waals surface area (Å²) in [6.07, 6.45) is 5.54. The van der Waals surface area contributed by atoms with Gasteiger partial charge in [0, 0.05) is 5.69 Å². The van der Waals surface area contributed by atoms with Gasteiger partial charge in [0.2, 0.25) is 5.91 Å². The van der Waals surface area contributed by atoms with Gasteiger partial charge in [0.25, 0.3) is 5.56 Å². The second kappa shape index (κ2) is 6.99. The van der Waals surface area contributed by atoms with Crippen LogP contribution in [-0.2, 0) is 24.2 Å². The van der Waals surface area contributed by atoms with E-state index >= 15 is 0 Å². The summed E-state index contributed by atoms with van der Waals surface area (Å²) in [7, 11) is 0. The smallest absolute Gasteiger partial charge is 0.263 e. The monoisotopic (exact) mass is 390 g/mol. The average molecular weight is 390 g/mol. The van der Waals surface area contributed by atoms with Crippen molar-refractivity contribution in [2.24, 2.45) is 0 Å². The Morgan fingerprint density at radius 3 is 2.97 bits per heavy atom. The van der Waals surface area contributed by atoms with Gasteiger partial charge in [0.15, 0.2) is 5.65 Å². The number of hydrogen-bond donors (Lipinski definition) is 0. The average Bonchev–Trinajstić information content (AvgIpc) is 2.74. The summed E-state index contributed by atoms with van der Waals surface area (Å²) in [6, 6.07) is 7.69. The van der Waals surface area contributed by atoms with Crippen molar-refractivity contribution in [1.29, 1.82) is 0 Å². The molecule has 0 atom stereocenters. The molecule has 0 unspecified atom stereocenters. The summed E-state index contributed by atoms with van der Waals surface area (Å²) < 4.78 is 7.04. The Balaban J connectivity index is 1.48. The minimum Gasteiger partial charge on any atom is -0.490 e. The van der Waals surface area contributed by atoms with E-state index in [2.05, 4.69) is 9.97 Å². The van der Waals surface area contributed by atoms with Crippen LogP contribution in [0.15, 0.2) is 35.4 Å². The lowest BCUT2D eigenvalue weighted by molar-refractivity contribution is -0.119. The highest BCUT2D eigenvalue weighted by Crippen LogP contribution is 2.32. The third kappa shape index (κ3) is 3.16. The van der Waals surface area contributed by atoms with Gasteiger partial charge < -0.3 is 9.64 Å². The zero-order chi connectivity index (χ0) is 20.0. The van der Waals surface area contributed by atoms with Crippen LogP contribution in [0.5, 0.6) is 5.75 Å². The number of fused-ring (bicyclic) bond motifs is 3. The number of amides is 1. The summed E-state index contributed by atoms with van der Waals surface area (Å²) in [5, 5.41) is 0.485. The molecular formula is C22H22N4O3. The Labute approximate surface area is 168 Å². The summed E-state index contributed by atoms with van der Waals surface area (Å²) in [4.78, 5) is 36.7. The van der Waals surface area contributed by atoms with E-state index in [0.29, 0.717) is 29.9 Å². The first-order valence-corrected chi connectivity index (χ1v) is 10.0. The molecule has 7 nitrogen and oxygen atoms in total. The van der Waals surface area contributed by atoms with Crippen molar-refractivity contribution >= 4 is 22.6 Å². The standard InChI is InChI=1S/C22H22N4O3/c1-14-6-7-19-18(10-14)26(8-9-29-19)20(27)12-25-13-23-21-16(22(25)28)11-15-4-2-3-5-17(15)24-21/h6-7,10-11,13H,2-5,8-9,12H2,1H3. The van der Waals surface area contributed by atoms with Crippen LogP contribution in [0, 0.1) is 6.92 Å². The fraction of sp³-hybridized carbons (Fsp3) is 0.364. The SMILES string of the molecule is Cc1ccc2c(c1)N(C(=O)Cn1cnc3nc4c(cc3c1=O)CCCC4)CCO2. The quantitative estimate of drug-likeness (QED) is 0.672. The maximum atomic E-state index is 13.0. The minimum absolute atomic E-state index is 0.0633. The third-order valence-electron chi connectivity index (χ3n) is 5.68. The molecular weight excluding hydrogens is 368 g/mol. The second-order valence-electron chi connectivity index (χ2n) is 7.72. The maximum Gasteiger partial charge on any atom is 0.263 e. The number of pyridine rings is 1.